The molecule has 9 heteroatoms. The minimum atomic E-state index is -1.03. The van der Waals surface area contributed by atoms with E-state index in [9.17, 15) is 8.78 Å². The van der Waals surface area contributed by atoms with Gasteiger partial charge in [-0.2, -0.15) is 9.97 Å². The summed E-state index contributed by atoms with van der Waals surface area (Å²) in [6.07, 6.45) is 0. The number of nitrogen functional groups attached to an aromatic ring is 2. The van der Waals surface area contributed by atoms with Crippen molar-refractivity contribution in [3.63, 3.8) is 0 Å². The highest BCUT2D eigenvalue weighted by Crippen LogP contribution is 2.21. The Morgan fingerprint density at radius 1 is 1.00 bits per heavy atom. The van der Waals surface area contributed by atoms with Crippen LogP contribution >= 0.6 is 0 Å². The second-order valence-electron chi connectivity index (χ2n) is 3.48. The van der Waals surface area contributed by atoms with Gasteiger partial charge in [0.05, 0.1) is 5.69 Å². The highest BCUT2D eigenvalue weighted by Gasteiger charge is 2.10. The third-order valence-corrected chi connectivity index (χ3v) is 2.22. The van der Waals surface area contributed by atoms with Gasteiger partial charge in [-0.3, -0.25) is 0 Å². The van der Waals surface area contributed by atoms with E-state index in [-0.39, 0.29) is 23.3 Å². The van der Waals surface area contributed by atoms with E-state index in [1.165, 1.54) is 18.2 Å². The number of nitrogens with two attached hydrogens (primary N) is 2. The molecule has 7 nitrogen and oxygen atoms in total. The number of hydrazine groups is 2. The summed E-state index contributed by atoms with van der Waals surface area (Å²) in [5.41, 5.74) is 4.50. The van der Waals surface area contributed by atoms with E-state index in [1.54, 1.807) is 0 Å². The van der Waals surface area contributed by atoms with E-state index in [1.807, 2.05) is 0 Å². The van der Waals surface area contributed by atoms with Crippen LogP contribution in [0.2, 0.25) is 0 Å². The predicted molar refractivity (Wildman–Crippen MR) is 67.3 cm³/mol. The van der Waals surface area contributed by atoms with E-state index < -0.39 is 11.6 Å². The SMILES string of the molecule is NNc1cc(NN)nc(Nc2cccc(F)c2F)n1. The molecule has 0 amide bonds. The third kappa shape index (κ3) is 2.84. The number of nitrogens with one attached hydrogen (secondary N) is 3. The highest BCUT2D eigenvalue weighted by atomic mass is 19.2. The van der Waals surface area contributed by atoms with Gasteiger partial charge in [0.2, 0.25) is 5.95 Å². The second-order valence-corrected chi connectivity index (χ2v) is 3.48. The van der Waals surface area contributed by atoms with Gasteiger partial charge in [-0.1, -0.05) is 6.07 Å². The van der Waals surface area contributed by atoms with Crippen LogP contribution in [0, 0.1) is 11.6 Å². The maximum atomic E-state index is 13.5. The Hall–Kier alpha value is -2.52. The number of nitrogens with zero attached hydrogens (tertiary/aromatic N) is 2. The van der Waals surface area contributed by atoms with Crippen molar-refractivity contribution in [1.82, 2.24) is 9.97 Å². The molecule has 0 bridgehead atoms. The van der Waals surface area contributed by atoms with Gasteiger partial charge in [0, 0.05) is 6.07 Å². The lowest BCUT2D eigenvalue weighted by Gasteiger charge is -2.09. The van der Waals surface area contributed by atoms with Crippen LogP contribution in [0.1, 0.15) is 0 Å². The van der Waals surface area contributed by atoms with Crippen LogP contribution in [0.25, 0.3) is 0 Å². The Labute approximate surface area is 107 Å². The van der Waals surface area contributed by atoms with Gasteiger partial charge in [0.15, 0.2) is 11.6 Å². The Bertz CT molecular complexity index is 568. The molecule has 0 saturated heterocycles. The number of anilines is 4. The maximum absolute atomic E-state index is 13.5. The summed E-state index contributed by atoms with van der Waals surface area (Å²) < 4.78 is 26.5. The molecule has 0 atom stereocenters. The van der Waals surface area contributed by atoms with Gasteiger partial charge in [-0.05, 0) is 12.1 Å². The van der Waals surface area contributed by atoms with Crippen LogP contribution in [0.4, 0.5) is 32.1 Å². The molecule has 0 aliphatic rings. The van der Waals surface area contributed by atoms with Crippen molar-refractivity contribution in [2.45, 2.75) is 0 Å². The van der Waals surface area contributed by atoms with E-state index in [0.29, 0.717) is 0 Å². The smallest absolute Gasteiger partial charge is 0.231 e. The standard InChI is InChI=1S/C10H11F2N7/c11-5-2-1-3-6(9(5)12)15-10-16-7(18-13)4-8(17-10)19-14/h1-4H,13-14H2,(H3,15,16,17,18,19). The Kier molecular flexibility index (Phi) is 3.68. The third-order valence-electron chi connectivity index (χ3n) is 2.22. The fourth-order valence-corrected chi connectivity index (χ4v) is 1.37. The molecule has 0 aliphatic heterocycles. The molecule has 1 heterocycles. The Morgan fingerprint density at radius 3 is 2.21 bits per heavy atom. The minimum Gasteiger partial charge on any atom is -0.321 e. The summed E-state index contributed by atoms with van der Waals surface area (Å²) >= 11 is 0. The number of benzene rings is 1. The van der Waals surface area contributed by atoms with Gasteiger partial charge in [0.25, 0.3) is 0 Å². The Morgan fingerprint density at radius 2 is 1.63 bits per heavy atom. The monoisotopic (exact) mass is 267 g/mol. The average molecular weight is 267 g/mol. The average Bonchev–Trinajstić information content (AvgIpc) is 2.43. The molecule has 0 radical (unpaired) electrons. The number of halogens is 2. The second kappa shape index (κ2) is 5.42. The van der Waals surface area contributed by atoms with Crippen LogP contribution in [-0.4, -0.2) is 9.97 Å². The van der Waals surface area contributed by atoms with Crippen molar-refractivity contribution >= 4 is 23.3 Å². The summed E-state index contributed by atoms with van der Waals surface area (Å²) in [6, 6.07) is 5.15. The van der Waals surface area contributed by atoms with Crippen LogP contribution in [0.15, 0.2) is 24.3 Å². The van der Waals surface area contributed by atoms with Crippen molar-refractivity contribution in [3.8, 4) is 0 Å². The van der Waals surface area contributed by atoms with Crippen molar-refractivity contribution < 1.29 is 8.78 Å². The zero-order valence-corrected chi connectivity index (χ0v) is 9.61. The first-order valence-corrected chi connectivity index (χ1v) is 5.17. The highest BCUT2D eigenvalue weighted by molar-refractivity contribution is 5.58. The summed E-state index contributed by atoms with van der Waals surface area (Å²) in [7, 11) is 0. The molecule has 7 N–H and O–H groups in total. The van der Waals surface area contributed by atoms with Crippen LogP contribution in [-0.2, 0) is 0 Å². The van der Waals surface area contributed by atoms with E-state index in [0.717, 1.165) is 6.07 Å². The molecule has 100 valence electrons. The summed E-state index contributed by atoms with van der Waals surface area (Å²) in [4.78, 5) is 7.85. The molecule has 2 aromatic rings. The lowest BCUT2D eigenvalue weighted by atomic mass is 10.3. The van der Waals surface area contributed by atoms with Crippen molar-refractivity contribution in [2.24, 2.45) is 11.7 Å². The summed E-state index contributed by atoms with van der Waals surface area (Å²) in [6.45, 7) is 0. The van der Waals surface area contributed by atoms with Gasteiger partial charge in [0.1, 0.15) is 11.6 Å². The number of rotatable bonds is 4. The van der Waals surface area contributed by atoms with Crippen LogP contribution in [0.5, 0.6) is 0 Å². The topological polar surface area (TPSA) is 114 Å². The first kappa shape index (κ1) is 12.9. The quantitative estimate of drug-likeness (QED) is 0.416. The van der Waals surface area contributed by atoms with E-state index >= 15 is 0 Å². The lowest BCUT2D eigenvalue weighted by molar-refractivity contribution is 0.511. The lowest BCUT2D eigenvalue weighted by Crippen LogP contribution is -2.14. The number of aromatic nitrogens is 2. The molecular weight excluding hydrogens is 256 g/mol. The first-order valence-electron chi connectivity index (χ1n) is 5.17. The van der Waals surface area contributed by atoms with Crippen molar-refractivity contribution in [3.05, 3.63) is 35.9 Å². The molecule has 0 unspecified atom stereocenters. The molecule has 0 saturated carbocycles. The molecular formula is C10H11F2N7. The van der Waals surface area contributed by atoms with Gasteiger partial charge in [-0.15, -0.1) is 0 Å². The van der Waals surface area contributed by atoms with Crippen molar-refractivity contribution in [2.75, 3.05) is 16.2 Å². The van der Waals surface area contributed by atoms with E-state index in [2.05, 4.69) is 26.1 Å². The van der Waals surface area contributed by atoms with Gasteiger partial charge < -0.3 is 16.2 Å². The molecule has 1 aromatic carbocycles. The first-order chi connectivity index (χ1) is 9.13. The van der Waals surface area contributed by atoms with Crippen LogP contribution < -0.4 is 27.9 Å². The normalized spacial score (nSPS) is 10.1. The number of hydrogen-bond donors (Lipinski definition) is 5. The van der Waals surface area contributed by atoms with Crippen molar-refractivity contribution in [1.29, 1.82) is 0 Å². The predicted octanol–water partition coefficient (Wildman–Crippen LogP) is 1.07. The fourth-order valence-electron chi connectivity index (χ4n) is 1.37. The number of hydrogen-bond acceptors (Lipinski definition) is 7. The summed E-state index contributed by atoms with van der Waals surface area (Å²) in [5.74, 6) is 8.94. The molecule has 1 aromatic heterocycles. The molecule has 2 rings (SSSR count). The minimum absolute atomic E-state index is 0.00731. The molecule has 0 spiro atoms. The Balaban J connectivity index is 2.34. The zero-order valence-electron chi connectivity index (χ0n) is 9.61. The molecule has 0 fully saturated rings. The van der Waals surface area contributed by atoms with Crippen LogP contribution in [0.3, 0.4) is 0 Å². The van der Waals surface area contributed by atoms with Gasteiger partial charge in [-0.25, -0.2) is 20.5 Å². The molecule has 19 heavy (non-hydrogen) atoms. The summed E-state index contributed by atoms with van der Waals surface area (Å²) in [5, 5.41) is 2.53. The van der Waals surface area contributed by atoms with E-state index in [4.69, 9.17) is 11.7 Å². The maximum Gasteiger partial charge on any atom is 0.231 e. The fraction of sp³-hybridized carbons (Fsp3) is 0. The molecule has 0 aliphatic carbocycles. The van der Waals surface area contributed by atoms with Gasteiger partial charge >= 0.3 is 0 Å². The zero-order chi connectivity index (χ0) is 13.8. The largest absolute Gasteiger partial charge is 0.321 e.